The molecule has 202 valence electrons. The molecule has 0 spiro atoms. The third kappa shape index (κ3) is 5.10. The zero-order valence-electron chi connectivity index (χ0n) is 21.6. The Kier molecular flexibility index (Phi) is 6.64. The molecule has 2 aromatic heterocycles. The number of amides is 1. The lowest BCUT2D eigenvalue weighted by Gasteiger charge is -2.25. The predicted molar refractivity (Wildman–Crippen MR) is 145 cm³/mol. The molecule has 3 heterocycles. The van der Waals surface area contributed by atoms with E-state index in [0.29, 0.717) is 41.6 Å². The summed E-state index contributed by atoms with van der Waals surface area (Å²) >= 11 is 0. The number of likely N-dealkylation sites (tertiary alicyclic amines) is 1. The summed E-state index contributed by atoms with van der Waals surface area (Å²) in [6.45, 7) is 1.10. The Morgan fingerprint density at radius 1 is 1.10 bits per heavy atom. The molecule has 2 N–H and O–H groups in total. The van der Waals surface area contributed by atoms with Crippen molar-refractivity contribution in [2.45, 2.75) is 38.3 Å². The summed E-state index contributed by atoms with van der Waals surface area (Å²) in [4.78, 5) is 23.7. The number of nitrogens with two attached hydrogens (primary N) is 1. The smallest absolute Gasteiger partial charge is 0.264 e. The van der Waals surface area contributed by atoms with Gasteiger partial charge in [-0.2, -0.15) is 5.26 Å². The number of allylic oxidation sites excluding steroid dienone is 1. The molecule has 1 amide bonds. The number of nitrogens with zero attached hydrogens (tertiary/aromatic N) is 5. The number of nitrogen functional groups attached to an aromatic ring is 1. The van der Waals surface area contributed by atoms with Gasteiger partial charge < -0.3 is 19.9 Å². The molecule has 4 aromatic rings. The monoisotopic (exact) mass is 540 g/mol. The first-order valence-electron chi connectivity index (χ1n) is 13.2. The van der Waals surface area contributed by atoms with Crippen molar-refractivity contribution in [2.75, 3.05) is 12.3 Å². The van der Waals surface area contributed by atoms with Gasteiger partial charge in [-0.1, -0.05) is 18.2 Å². The van der Waals surface area contributed by atoms with E-state index in [1.54, 1.807) is 17.0 Å². The summed E-state index contributed by atoms with van der Waals surface area (Å²) in [7, 11) is 0. The third-order valence-electron chi connectivity index (χ3n) is 7.34. The largest absolute Gasteiger partial charge is 0.457 e. The number of hydrogen-bond acceptors (Lipinski definition) is 6. The molecule has 2 aromatic carbocycles. The number of anilines is 1. The molecule has 1 saturated carbocycles. The van der Waals surface area contributed by atoms with Gasteiger partial charge in [0.2, 0.25) is 0 Å². The quantitative estimate of drug-likeness (QED) is 0.241. The number of halogens is 2. The van der Waals surface area contributed by atoms with Gasteiger partial charge in [-0.15, -0.1) is 0 Å². The highest BCUT2D eigenvalue weighted by atomic mass is 19.1. The lowest BCUT2D eigenvalue weighted by Crippen LogP contribution is -2.38. The molecule has 1 aliphatic carbocycles. The Balaban J connectivity index is 1.28. The van der Waals surface area contributed by atoms with E-state index in [1.807, 2.05) is 29.0 Å². The highest BCUT2D eigenvalue weighted by Gasteiger charge is 2.33. The van der Waals surface area contributed by atoms with E-state index in [-0.39, 0.29) is 23.3 Å². The fraction of sp³-hybridized carbons (Fsp3) is 0.267. The first-order chi connectivity index (χ1) is 19.4. The van der Waals surface area contributed by atoms with Crippen LogP contribution in [0.3, 0.4) is 0 Å². The summed E-state index contributed by atoms with van der Waals surface area (Å²) in [5.41, 5.74) is 8.79. The maximum Gasteiger partial charge on any atom is 0.264 e. The summed E-state index contributed by atoms with van der Waals surface area (Å²) in [5, 5.41) is 10.3. The van der Waals surface area contributed by atoms with E-state index in [1.165, 1.54) is 6.33 Å². The Morgan fingerprint density at radius 3 is 2.55 bits per heavy atom. The molecule has 2 aliphatic rings. The molecule has 8 nitrogen and oxygen atoms in total. The van der Waals surface area contributed by atoms with Crippen LogP contribution in [-0.2, 0) is 11.3 Å². The van der Waals surface area contributed by atoms with Crippen LogP contribution in [0.1, 0.15) is 25.7 Å². The number of benzene rings is 2. The van der Waals surface area contributed by atoms with Crippen LogP contribution < -0.4 is 10.5 Å². The van der Waals surface area contributed by atoms with Crippen LogP contribution in [0, 0.1) is 28.9 Å². The van der Waals surface area contributed by atoms with Crippen molar-refractivity contribution in [2.24, 2.45) is 5.92 Å². The Bertz CT molecular complexity index is 1650. The first-order valence-corrected chi connectivity index (χ1v) is 13.2. The number of aromatic nitrogens is 3. The minimum Gasteiger partial charge on any atom is -0.457 e. The standard InChI is InChI=1S/C30H26F2N6O2/c31-21-11-22(32)13-25(12-21)40-24-7-5-19(6-8-24)26-16-37(29-27(26)28(34)35-17-36-29)15-23-2-1-9-38(23)30(39)20(14-33)10-18-3-4-18/h5-8,10-13,16-18,23H,1-4,9,15H2,(H2,34,35,36)/t23-/m0/s1. The number of carbonyl (C=O) groups is 1. The average Bonchev–Trinajstić information content (AvgIpc) is 3.51. The first kappa shape index (κ1) is 25.5. The fourth-order valence-corrected chi connectivity index (χ4v) is 5.26. The number of carbonyl (C=O) groups excluding carboxylic acids is 1. The summed E-state index contributed by atoms with van der Waals surface area (Å²) < 4.78 is 34.7. The van der Waals surface area contributed by atoms with Gasteiger partial charge in [0, 0.05) is 43.0 Å². The fourth-order valence-electron chi connectivity index (χ4n) is 5.26. The maximum absolute atomic E-state index is 13.5. The van der Waals surface area contributed by atoms with Gasteiger partial charge in [0.05, 0.1) is 11.4 Å². The second kappa shape index (κ2) is 10.4. The minimum atomic E-state index is -0.722. The molecule has 0 bridgehead atoms. The van der Waals surface area contributed by atoms with Crippen LogP contribution in [0.15, 0.2) is 66.6 Å². The normalized spacial score (nSPS) is 17.3. The molecular weight excluding hydrogens is 514 g/mol. The van der Waals surface area contributed by atoms with Crippen LogP contribution in [0.4, 0.5) is 14.6 Å². The third-order valence-corrected chi connectivity index (χ3v) is 7.34. The van der Waals surface area contributed by atoms with Crippen molar-refractivity contribution in [1.82, 2.24) is 19.4 Å². The molecule has 1 saturated heterocycles. The molecular formula is C30H26F2N6O2. The van der Waals surface area contributed by atoms with Gasteiger partial charge >= 0.3 is 0 Å². The van der Waals surface area contributed by atoms with Crippen LogP contribution in [0.2, 0.25) is 0 Å². The van der Waals surface area contributed by atoms with Crippen molar-refractivity contribution in [3.05, 3.63) is 78.3 Å². The number of hydrogen-bond donors (Lipinski definition) is 1. The van der Waals surface area contributed by atoms with Gasteiger partial charge in [-0.25, -0.2) is 18.7 Å². The van der Waals surface area contributed by atoms with Gasteiger partial charge in [0.25, 0.3) is 5.91 Å². The molecule has 0 radical (unpaired) electrons. The summed E-state index contributed by atoms with van der Waals surface area (Å²) in [5.74, 6) is -0.525. The minimum absolute atomic E-state index is 0.0571. The van der Waals surface area contributed by atoms with E-state index >= 15 is 0 Å². The van der Waals surface area contributed by atoms with Crippen LogP contribution in [0.5, 0.6) is 11.5 Å². The van der Waals surface area contributed by atoms with Gasteiger partial charge in [-0.05, 0) is 49.3 Å². The molecule has 40 heavy (non-hydrogen) atoms. The zero-order valence-corrected chi connectivity index (χ0v) is 21.6. The zero-order chi connectivity index (χ0) is 27.8. The number of fused-ring (bicyclic) bond motifs is 1. The van der Waals surface area contributed by atoms with Crippen molar-refractivity contribution < 1.29 is 18.3 Å². The van der Waals surface area contributed by atoms with E-state index in [9.17, 15) is 18.8 Å². The topological polar surface area (TPSA) is 110 Å². The molecule has 1 atom stereocenters. The second-order valence-corrected chi connectivity index (χ2v) is 10.2. The summed E-state index contributed by atoms with van der Waals surface area (Å²) in [6, 6.07) is 12.1. The number of rotatable bonds is 7. The van der Waals surface area contributed by atoms with Gasteiger partial charge in [-0.3, -0.25) is 4.79 Å². The van der Waals surface area contributed by atoms with Crippen molar-refractivity contribution in [3.63, 3.8) is 0 Å². The molecule has 0 unspecified atom stereocenters. The lowest BCUT2D eigenvalue weighted by atomic mass is 10.1. The summed E-state index contributed by atoms with van der Waals surface area (Å²) in [6.07, 6.45) is 8.90. The highest BCUT2D eigenvalue weighted by molar-refractivity contribution is 6.01. The predicted octanol–water partition coefficient (Wildman–Crippen LogP) is 5.60. The Labute approximate surface area is 229 Å². The van der Waals surface area contributed by atoms with Crippen LogP contribution in [0.25, 0.3) is 22.2 Å². The molecule has 1 aliphatic heterocycles. The van der Waals surface area contributed by atoms with Crippen LogP contribution >= 0.6 is 0 Å². The van der Waals surface area contributed by atoms with Gasteiger partial charge in [0.15, 0.2) is 0 Å². The van der Waals surface area contributed by atoms with E-state index in [0.717, 1.165) is 55.0 Å². The average molecular weight is 541 g/mol. The van der Waals surface area contributed by atoms with Crippen LogP contribution in [-0.4, -0.2) is 37.9 Å². The Morgan fingerprint density at radius 2 is 1.85 bits per heavy atom. The highest BCUT2D eigenvalue weighted by Crippen LogP contribution is 2.36. The lowest BCUT2D eigenvalue weighted by molar-refractivity contribution is -0.127. The van der Waals surface area contributed by atoms with E-state index in [2.05, 4.69) is 16.0 Å². The van der Waals surface area contributed by atoms with Gasteiger partial charge in [0.1, 0.15) is 52.6 Å². The number of nitriles is 1. The van der Waals surface area contributed by atoms with Crippen molar-refractivity contribution in [3.8, 4) is 28.7 Å². The molecule has 6 rings (SSSR count). The van der Waals surface area contributed by atoms with Crippen molar-refractivity contribution >= 4 is 22.8 Å². The van der Waals surface area contributed by atoms with E-state index < -0.39 is 11.6 Å². The van der Waals surface area contributed by atoms with E-state index in [4.69, 9.17) is 10.5 Å². The second-order valence-electron chi connectivity index (χ2n) is 10.2. The molecule has 10 heteroatoms. The molecule has 2 fully saturated rings. The number of ether oxygens (including phenoxy) is 1. The van der Waals surface area contributed by atoms with Crippen molar-refractivity contribution in [1.29, 1.82) is 5.26 Å². The maximum atomic E-state index is 13.5. The Hall–Kier alpha value is -4.78. The SMILES string of the molecule is N#CC(=CC1CC1)C(=O)N1CCC[C@H]1Cn1cc(-c2ccc(Oc3cc(F)cc(F)c3)cc2)c2c(N)ncnc21.